The van der Waals surface area contributed by atoms with Gasteiger partial charge in [0.25, 0.3) is 11.5 Å². The molecule has 1 atom stereocenters. The third-order valence-electron chi connectivity index (χ3n) is 6.84. The lowest BCUT2D eigenvalue weighted by atomic mass is 9.71. The molecular formula is C29H28N2O6. The number of allylic oxidation sites excluding steroid dienone is 1. The maximum absolute atomic E-state index is 14.0. The Morgan fingerprint density at radius 2 is 1.70 bits per heavy atom. The van der Waals surface area contributed by atoms with E-state index >= 15 is 0 Å². The van der Waals surface area contributed by atoms with Gasteiger partial charge in [-0.2, -0.15) is 0 Å². The molecular weight excluding hydrogens is 472 g/mol. The van der Waals surface area contributed by atoms with Gasteiger partial charge in [0.2, 0.25) is 0 Å². The first-order chi connectivity index (χ1) is 17.6. The minimum Gasteiger partial charge on any atom is -0.494 e. The molecule has 0 fully saturated rings. The zero-order valence-electron chi connectivity index (χ0n) is 21.2. The number of carbonyl (C=O) groups excluding carboxylic acids is 4. The van der Waals surface area contributed by atoms with Crippen LogP contribution in [0.4, 0.5) is 5.69 Å². The highest BCUT2D eigenvalue weighted by molar-refractivity contribution is 6.27. The average Bonchev–Trinajstić information content (AvgIpc) is 3.27. The Balaban J connectivity index is 1.69. The summed E-state index contributed by atoms with van der Waals surface area (Å²) in [6.07, 6.45) is 0.565. The molecule has 37 heavy (non-hydrogen) atoms. The molecule has 190 valence electrons. The van der Waals surface area contributed by atoms with E-state index < -0.39 is 23.3 Å². The van der Waals surface area contributed by atoms with Gasteiger partial charge in [0, 0.05) is 23.4 Å². The largest absolute Gasteiger partial charge is 0.494 e. The number of hydrogen-bond acceptors (Lipinski definition) is 7. The van der Waals surface area contributed by atoms with Crippen LogP contribution in [0.25, 0.3) is 0 Å². The maximum atomic E-state index is 14.0. The SMILES string of the molecule is CCOc1ccc(C(=O)C2=C(Nc3ccc(C)cc3)C(=O)OC23C(=O)NC2=C3C(=O)CC(C)(C)C2)cc1. The molecule has 2 aliphatic heterocycles. The van der Waals surface area contributed by atoms with E-state index in [1.54, 1.807) is 36.4 Å². The summed E-state index contributed by atoms with van der Waals surface area (Å²) in [5, 5.41) is 5.75. The van der Waals surface area contributed by atoms with Crippen LogP contribution >= 0.6 is 0 Å². The maximum Gasteiger partial charge on any atom is 0.357 e. The molecule has 8 heteroatoms. The summed E-state index contributed by atoms with van der Waals surface area (Å²) < 4.78 is 11.2. The third kappa shape index (κ3) is 4.02. The molecule has 2 aromatic rings. The Morgan fingerprint density at radius 3 is 2.35 bits per heavy atom. The minimum atomic E-state index is -2.15. The molecule has 0 radical (unpaired) electrons. The fourth-order valence-corrected chi connectivity index (χ4v) is 5.21. The van der Waals surface area contributed by atoms with Crippen molar-refractivity contribution in [2.75, 3.05) is 11.9 Å². The van der Waals surface area contributed by atoms with Gasteiger partial charge in [0.15, 0.2) is 11.6 Å². The first kappa shape index (κ1) is 24.5. The molecule has 1 spiro atoms. The van der Waals surface area contributed by atoms with Crippen LogP contribution in [0.5, 0.6) is 5.75 Å². The molecule has 3 aliphatic rings. The number of amides is 1. The van der Waals surface area contributed by atoms with E-state index in [4.69, 9.17) is 9.47 Å². The van der Waals surface area contributed by atoms with Crippen molar-refractivity contribution in [3.8, 4) is 5.75 Å². The van der Waals surface area contributed by atoms with Crippen molar-refractivity contribution in [1.82, 2.24) is 5.32 Å². The highest BCUT2D eigenvalue weighted by Crippen LogP contribution is 2.50. The van der Waals surface area contributed by atoms with E-state index in [-0.39, 0.29) is 40.0 Å². The van der Waals surface area contributed by atoms with E-state index in [0.29, 0.717) is 30.2 Å². The second-order valence-electron chi connectivity index (χ2n) is 10.3. The number of ether oxygens (including phenoxy) is 2. The van der Waals surface area contributed by atoms with Crippen molar-refractivity contribution in [3.63, 3.8) is 0 Å². The summed E-state index contributed by atoms with van der Waals surface area (Å²) in [5.74, 6) is -1.94. The quantitative estimate of drug-likeness (QED) is 0.455. The average molecular weight is 501 g/mol. The molecule has 8 nitrogen and oxygen atoms in total. The number of anilines is 1. The van der Waals surface area contributed by atoms with E-state index in [1.165, 1.54) is 0 Å². The van der Waals surface area contributed by atoms with Crippen molar-refractivity contribution in [2.45, 2.75) is 46.1 Å². The molecule has 1 aliphatic carbocycles. The number of esters is 1. The van der Waals surface area contributed by atoms with Crippen LogP contribution in [-0.4, -0.2) is 35.7 Å². The Morgan fingerprint density at radius 1 is 1.03 bits per heavy atom. The Labute approximate surface area is 214 Å². The predicted octanol–water partition coefficient (Wildman–Crippen LogP) is 4.01. The number of Topliss-reactive ketones (excluding diaryl/α,β-unsaturated/α-hetero) is 2. The standard InChI is InChI=1S/C29H28N2O6/c1-5-36-19-12-8-17(9-13-19)25(33)23-24(30-18-10-6-16(2)7-11-18)26(34)37-29(23)22-20(31-27(29)35)14-28(3,4)15-21(22)32/h6-13,30H,5,14-15H2,1-4H3,(H,31,35). The lowest BCUT2D eigenvalue weighted by molar-refractivity contribution is -0.152. The summed E-state index contributed by atoms with van der Waals surface area (Å²) in [7, 11) is 0. The van der Waals surface area contributed by atoms with Gasteiger partial charge in [-0.1, -0.05) is 31.5 Å². The van der Waals surface area contributed by atoms with Gasteiger partial charge in [-0.05, 0) is 62.1 Å². The number of ketones is 2. The van der Waals surface area contributed by atoms with E-state index in [1.807, 2.05) is 39.8 Å². The zero-order chi connectivity index (χ0) is 26.5. The molecule has 2 aromatic carbocycles. The van der Waals surface area contributed by atoms with Gasteiger partial charge in [0.1, 0.15) is 11.4 Å². The predicted molar refractivity (Wildman–Crippen MR) is 136 cm³/mol. The molecule has 1 amide bonds. The Bertz CT molecular complexity index is 1400. The number of benzene rings is 2. The van der Waals surface area contributed by atoms with E-state index in [2.05, 4.69) is 10.6 Å². The van der Waals surface area contributed by atoms with Gasteiger partial charge >= 0.3 is 5.97 Å². The zero-order valence-corrected chi connectivity index (χ0v) is 21.2. The van der Waals surface area contributed by atoms with Gasteiger partial charge in [0.05, 0.1) is 17.8 Å². The molecule has 0 saturated heterocycles. The lowest BCUT2D eigenvalue weighted by Gasteiger charge is -2.32. The number of carbonyl (C=O) groups is 4. The summed E-state index contributed by atoms with van der Waals surface area (Å²) in [6, 6.07) is 13.6. The first-order valence-electron chi connectivity index (χ1n) is 12.2. The topological polar surface area (TPSA) is 111 Å². The number of aryl methyl sites for hydroxylation is 1. The van der Waals surface area contributed by atoms with Crippen molar-refractivity contribution in [3.05, 3.63) is 82.2 Å². The molecule has 0 bridgehead atoms. The third-order valence-corrected chi connectivity index (χ3v) is 6.84. The number of fused-ring (bicyclic) bond motifs is 1. The van der Waals surface area contributed by atoms with Crippen LogP contribution in [0.1, 0.15) is 49.5 Å². The van der Waals surface area contributed by atoms with Crippen LogP contribution in [0.2, 0.25) is 0 Å². The van der Waals surface area contributed by atoms with Crippen molar-refractivity contribution in [1.29, 1.82) is 0 Å². The van der Waals surface area contributed by atoms with Crippen LogP contribution < -0.4 is 15.4 Å². The highest BCUT2D eigenvalue weighted by atomic mass is 16.6. The summed E-state index contributed by atoms with van der Waals surface area (Å²) in [5.41, 5.74) is -0.683. The van der Waals surface area contributed by atoms with Crippen LogP contribution in [0.3, 0.4) is 0 Å². The first-order valence-corrected chi connectivity index (χ1v) is 12.2. The van der Waals surface area contributed by atoms with Crippen LogP contribution in [0.15, 0.2) is 71.1 Å². The summed E-state index contributed by atoms with van der Waals surface area (Å²) >= 11 is 0. The molecule has 0 saturated carbocycles. The molecule has 5 rings (SSSR count). The lowest BCUT2D eigenvalue weighted by Crippen LogP contribution is -2.47. The number of rotatable bonds is 6. The Hall–Kier alpha value is -4.20. The van der Waals surface area contributed by atoms with Gasteiger partial charge < -0.3 is 20.1 Å². The molecule has 2 N–H and O–H groups in total. The number of hydrogen-bond donors (Lipinski definition) is 2. The number of nitrogens with one attached hydrogen (secondary N) is 2. The van der Waals surface area contributed by atoms with Crippen molar-refractivity contribution in [2.24, 2.45) is 5.41 Å². The Kier molecular flexibility index (Phi) is 5.78. The van der Waals surface area contributed by atoms with E-state index in [0.717, 1.165) is 5.56 Å². The highest BCUT2D eigenvalue weighted by Gasteiger charge is 2.65. The second-order valence-corrected chi connectivity index (χ2v) is 10.3. The van der Waals surface area contributed by atoms with Crippen LogP contribution in [0, 0.1) is 12.3 Å². The summed E-state index contributed by atoms with van der Waals surface area (Å²) in [6.45, 7) is 8.10. The minimum absolute atomic E-state index is 0.0418. The van der Waals surface area contributed by atoms with Crippen molar-refractivity contribution >= 4 is 29.1 Å². The summed E-state index contributed by atoms with van der Waals surface area (Å²) in [4.78, 5) is 54.4. The molecule has 1 unspecified atom stereocenters. The monoisotopic (exact) mass is 500 g/mol. The van der Waals surface area contributed by atoms with Gasteiger partial charge in [-0.3, -0.25) is 14.4 Å². The van der Waals surface area contributed by atoms with Crippen LogP contribution in [-0.2, 0) is 19.1 Å². The van der Waals surface area contributed by atoms with Crippen molar-refractivity contribution < 1.29 is 28.7 Å². The van der Waals surface area contributed by atoms with E-state index in [9.17, 15) is 19.2 Å². The second kappa shape index (κ2) is 8.73. The fraction of sp³-hybridized carbons (Fsp3) is 0.310. The normalized spacial score (nSPS) is 22.2. The van der Waals surface area contributed by atoms with Gasteiger partial charge in [-0.25, -0.2) is 4.79 Å². The fourth-order valence-electron chi connectivity index (χ4n) is 5.21. The van der Waals surface area contributed by atoms with Gasteiger partial charge in [-0.15, -0.1) is 0 Å². The molecule has 0 aromatic heterocycles. The molecule has 2 heterocycles. The smallest absolute Gasteiger partial charge is 0.357 e.